The van der Waals surface area contributed by atoms with E-state index in [2.05, 4.69) is 10.6 Å². The molecule has 1 aromatic carbocycles. The van der Waals surface area contributed by atoms with E-state index in [-0.39, 0.29) is 6.61 Å². The molecule has 2 saturated heterocycles. The molecule has 2 heterocycles. The van der Waals surface area contributed by atoms with Crippen LogP contribution in [0.1, 0.15) is 20.8 Å². The molecule has 23 heavy (non-hydrogen) atoms. The lowest BCUT2D eigenvalue weighted by molar-refractivity contribution is -0.157. The summed E-state index contributed by atoms with van der Waals surface area (Å²) in [4.78, 5) is 12.8. The van der Waals surface area contributed by atoms with Gasteiger partial charge < -0.3 is 15.4 Å². The highest BCUT2D eigenvalue weighted by Gasteiger charge is 2.69. The summed E-state index contributed by atoms with van der Waals surface area (Å²) in [5.74, 6) is -0.418. The minimum Gasteiger partial charge on any atom is -0.463 e. The third-order valence-electron chi connectivity index (χ3n) is 4.09. The molecule has 0 bridgehead atoms. The molecule has 2 aliphatic rings. The number of fused-ring (bicyclic) bond motifs is 1. The highest BCUT2D eigenvalue weighted by molar-refractivity contribution is 7.81. The summed E-state index contributed by atoms with van der Waals surface area (Å²) in [6.45, 7) is 5.83. The van der Waals surface area contributed by atoms with E-state index in [1.807, 2.05) is 44.2 Å². The van der Waals surface area contributed by atoms with Crippen molar-refractivity contribution in [3.05, 3.63) is 30.3 Å². The zero-order valence-corrected chi connectivity index (χ0v) is 14.8. The zero-order chi connectivity index (χ0) is 16.8. The molecule has 0 amide bonds. The van der Waals surface area contributed by atoms with Crippen LogP contribution in [0.3, 0.4) is 0 Å². The quantitative estimate of drug-likeness (QED) is 0.629. The standard InChI is InChI=1S/C15H18N4O2S2/c1-4-21-11(20)15-14(2,3)16-13(23)19(15)18(12(22)17-15)10-8-6-5-7-9-10/h5-9H,4H2,1-3H3,(H,16,23)(H,17,22). The number of hydrogen-bond donors (Lipinski definition) is 2. The van der Waals surface area contributed by atoms with Gasteiger partial charge in [0.05, 0.1) is 17.8 Å². The molecule has 1 aromatic rings. The van der Waals surface area contributed by atoms with E-state index in [4.69, 9.17) is 29.2 Å². The Morgan fingerprint density at radius 1 is 1.17 bits per heavy atom. The minimum absolute atomic E-state index is 0.275. The summed E-state index contributed by atoms with van der Waals surface area (Å²) in [6, 6.07) is 9.53. The molecule has 0 radical (unpaired) electrons. The van der Waals surface area contributed by atoms with Crippen LogP contribution in [0.4, 0.5) is 5.69 Å². The van der Waals surface area contributed by atoms with Crippen LogP contribution in [0.5, 0.6) is 0 Å². The Morgan fingerprint density at radius 3 is 2.43 bits per heavy atom. The molecule has 0 aliphatic carbocycles. The molecule has 0 spiro atoms. The molecule has 1 unspecified atom stereocenters. The molecule has 0 aromatic heterocycles. The van der Waals surface area contributed by atoms with Gasteiger partial charge in [-0.2, -0.15) is 0 Å². The van der Waals surface area contributed by atoms with Crippen molar-refractivity contribution < 1.29 is 9.53 Å². The highest BCUT2D eigenvalue weighted by atomic mass is 32.1. The summed E-state index contributed by atoms with van der Waals surface area (Å²) in [5, 5.41) is 10.6. The number of ether oxygens (including phenoxy) is 1. The van der Waals surface area contributed by atoms with Gasteiger partial charge in [0.1, 0.15) is 0 Å². The van der Waals surface area contributed by atoms with Gasteiger partial charge in [-0.05, 0) is 57.3 Å². The lowest BCUT2D eigenvalue weighted by Crippen LogP contribution is -2.68. The number of benzene rings is 1. The summed E-state index contributed by atoms with van der Waals surface area (Å²) < 4.78 is 5.32. The van der Waals surface area contributed by atoms with Gasteiger partial charge in [0.15, 0.2) is 10.2 Å². The van der Waals surface area contributed by atoms with E-state index in [0.29, 0.717) is 10.2 Å². The Bertz CT molecular complexity index is 679. The summed E-state index contributed by atoms with van der Waals surface area (Å²) >= 11 is 11.0. The van der Waals surface area contributed by atoms with Crippen molar-refractivity contribution in [2.24, 2.45) is 0 Å². The average molecular weight is 350 g/mol. The number of hydrazine groups is 1. The fourth-order valence-corrected chi connectivity index (χ4v) is 3.81. The van der Waals surface area contributed by atoms with Crippen molar-refractivity contribution in [2.45, 2.75) is 32.0 Å². The van der Waals surface area contributed by atoms with Crippen LogP contribution in [0, 0.1) is 0 Å². The van der Waals surface area contributed by atoms with E-state index < -0.39 is 17.2 Å². The smallest absolute Gasteiger partial charge is 0.357 e. The van der Waals surface area contributed by atoms with Gasteiger partial charge in [-0.15, -0.1) is 0 Å². The average Bonchev–Trinajstić information content (AvgIpc) is 2.92. The van der Waals surface area contributed by atoms with Crippen molar-refractivity contribution in [1.29, 1.82) is 0 Å². The number of para-hydroxylation sites is 1. The van der Waals surface area contributed by atoms with Gasteiger partial charge in [-0.1, -0.05) is 18.2 Å². The second kappa shape index (κ2) is 5.31. The number of nitrogens with one attached hydrogen (secondary N) is 2. The number of carbonyl (C=O) groups excluding carboxylic acids is 1. The lowest BCUT2D eigenvalue weighted by atomic mass is 9.89. The van der Waals surface area contributed by atoms with Crippen molar-refractivity contribution in [1.82, 2.24) is 15.6 Å². The third kappa shape index (κ3) is 2.08. The number of nitrogens with zero attached hydrogens (tertiary/aromatic N) is 2. The Balaban J connectivity index is 2.14. The molecule has 2 N–H and O–H groups in total. The van der Waals surface area contributed by atoms with Crippen molar-refractivity contribution in [3.63, 3.8) is 0 Å². The summed E-state index contributed by atoms with van der Waals surface area (Å²) in [7, 11) is 0. The Hall–Kier alpha value is -1.93. The molecule has 2 aliphatic heterocycles. The number of carbonyl (C=O) groups is 1. The first-order valence-electron chi connectivity index (χ1n) is 7.32. The minimum atomic E-state index is -1.22. The number of rotatable bonds is 3. The lowest BCUT2D eigenvalue weighted by Gasteiger charge is -2.38. The first kappa shape index (κ1) is 15.9. The number of thiocarbonyl (C=S) groups is 2. The van der Waals surface area contributed by atoms with Gasteiger partial charge in [0, 0.05) is 0 Å². The van der Waals surface area contributed by atoms with E-state index in [1.54, 1.807) is 16.9 Å². The van der Waals surface area contributed by atoms with Crippen LogP contribution >= 0.6 is 24.4 Å². The number of hydrogen-bond acceptors (Lipinski definition) is 4. The van der Waals surface area contributed by atoms with Crippen LogP contribution in [0.25, 0.3) is 0 Å². The van der Waals surface area contributed by atoms with Gasteiger partial charge in [-0.25, -0.2) is 14.8 Å². The maximum absolute atomic E-state index is 12.8. The van der Waals surface area contributed by atoms with Gasteiger partial charge >= 0.3 is 5.97 Å². The van der Waals surface area contributed by atoms with Gasteiger partial charge in [-0.3, -0.25) is 0 Å². The molecule has 122 valence electrons. The normalized spacial score (nSPS) is 25.0. The SMILES string of the molecule is CCOC(=O)C12NC(=S)N(c3ccccc3)N1C(=S)NC2(C)C. The Morgan fingerprint density at radius 2 is 1.83 bits per heavy atom. The van der Waals surface area contributed by atoms with Crippen molar-refractivity contribution in [3.8, 4) is 0 Å². The maximum atomic E-state index is 12.8. The first-order chi connectivity index (χ1) is 10.8. The molecule has 8 heteroatoms. The fraction of sp³-hybridized carbons (Fsp3) is 0.400. The molecule has 1 atom stereocenters. The molecule has 3 rings (SSSR count). The molecule has 2 fully saturated rings. The fourth-order valence-electron chi connectivity index (χ4n) is 3.01. The molecular formula is C15H18N4O2S2. The van der Waals surface area contributed by atoms with Crippen LogP contribution in [-0.2, 0) is 9.53 Å². The molecule has 0 saturated carbocycles. The Labute approximate surface area is 145 Å². The predicted molar refractivity (Wildman–Crippen MR) is 95.7 cm³/mol. The highest BCUT2D eigenvalue weighted by Crippen LogP contribution is 2.41. The number of esters is 1. The van der Waals surface area contributed by atoms with Crippen LogP contribution in [0.2, 0.25) is 0 Å². The predicted octanol–water partition coefficient (Wildman–Crippen LogP) is 1.52. The van der Waals surface area contributed by atoms with Crippen LogP contribution < -0.4 is 15.6 Å². The Kier molecular flexibility index (Phi) is 3.68. The van der Waals surface area contributed by atoms with E-state index >= 15 is 0 Å². The largest absolute Gasteiger partial charge is 0.463 e. The van der Waals surface area contributed by atoms with E-state index in [0.717, 1.165) is 5.69 Å². The number of anilines is 1. The van der Waals surface area contributed by atoms with Crippen LogP contribution in [0.15, 0.2) is 30.3 Å². The van der Waals surface area contributed by atoms with E-state index in [9.17, 15) is 4.79 Å². The van der Waals surface area contributed by atoms with Gasteiger partial charge in [0.2, 0.25) is 0 Å². The first-order valence-corrected chi connectivity index (χ1v) is 8.13. The summed E-state index contributed by atoms with van der Waals surface area (Å²) in [5.41, 5.74) is -1.10. The van der Waals surface area contributed by atoms with Crippen molar-refractivity contribution in [2.75, 3.05) is 11.6 Å². The zero-order valence-electron chi connectivity index (χ0n) is 13.1. The van der Waals surface area contributed by atoms with Gasteiger partial charge in [0.25, 0.3) is 5.66 Å². The third-order valence-corrected chi connectivity index (χ3v) is 4.64. The second-order valence-electron chi connectivity index (χ2n) is 5.88. The van der Waals surface area contributed by atoms with Crippen molar-refractivity contribution >= 4 is 46.3 Å². The molecule has 6 nitrogen and oxygen atoms in total. The second-order valence-corrected chi connectivity index (χ2v) is 6.65. The summed E-state index contributed by atoms with van der Waals surface area (Å²) in [6.07, 6.45) is 0. The monoisotopic (exact) mass is 350 g/mol. The van der Waals surface area contributed by atoms with E-state index in [1.165, 1.54) is 0 Å². The topological polar surface area (TPSA) is 56.8 Å². The van der Waals surface area contributed by atoms with Crippen LogP contribution in [-0.4, -0.2) is 39.0 Å². The molecular weight excluding hydrogens is 332 g/mol. The maximum Gasteiger partial charge on any atom is 0.357 e.